The van der Waals surface area contributed by atoms with E-state index in [4.69, 9.17) is 10.00 Å². The maximum absolute atomic E-state index is 12.6. The van der Waals surface area contributed by atoms with Crippen LogP contribution in [0.3, 0.4) is 0 Å². The molecule has 0 bridgehead atoms. The van der Waals surface area contributed by atoms with Gasteiger partial charge < -0.3 is 25.2 Å². The first-order valence-corrected chi connectivity index (χ1v) is 10.3. The molecule has 2 atom stereocenters. The second-order valence-electron chi connectivity index (χ2n) is 7.59. The molecule has 1 heterocycles. The Hall–Kier alpha value is -3.41. The van der Waals surface area contributed by atoms with Gasteiger partial charge in [-0.1, -0.05) is 12.1 Å². The predicted molar refractivity (Wildman–Crippen MR) is 119 cm³/mol. The first-order valence-electron chi connectivity index (χ1n) is 10.3. The molecular formula is C23H28N5O3+. The monoisotopic (exact) mass is 422 g/mol. The molecule has 1 unspecified atom stereocenters. The van der Waals surface area contributed by atoms with E-state index in [2.05, 4.69) is 21.6 Å². The Kier molecular flexibility index (Phi) is 7.60. The van der Waals surface area contributed by atoms with E-state index < -0.39 is 6.04 Å². The van der Waals surface area contributed by atoms with E-state index in [1.165, 1.54) is 0 Å². The number of anilines is 3. The number of nitriles is 1. The summed E-state index contributed by atoms with van der Waals surface area (Å²) in [4.78, 5) is 28.0. The molecule has 1 aliphatic rings. The number of carbonyl (C=O) groups is 2. The molecule has 2 amide bonds. The number of morpholine rings is 1. The summed E-state index contributed by atoms with van der Waals surface area (Å²) in [5.74, 6) is -0.420. The number of nitrogens with zero attached hydrogens (tertiary/aromatic N) is 2. The first kappa shape index (κ1) is 22.3. The second kappa shape index (κ2) is 10.6. The summed E-state index contributed by atoms with van der Waals surface area (Å²) in [6.45, 7) is 5.06. The quantitative estimate of drug-likeness (QED) is 0.615. The molecule has 0 aromatic heterocycles. The van der Waals surface area contributed by atoms with Gasteiger partial charge in [0.1, 0.15) is 6.07 Å². The van der Waals surface area contributed by atoms with Crippen LogP contribution in [-0.2, 0) is 14.3 Å². The van der Waals surface area contributed by atoms with Gasteiger partial charge in [0.15, 0.2) is 12.6 Å². The number of carbonyl (C=O) groups excluding carboxylic acids is 2. The lowest BCUT2D eigenvalue weighted by molar-refractivity contribution is -0.885. The molecule has 2 aromatic carbocycles. The van der Waals surface area contributed by atoms with E-state index in [9.17, 15) is 9.59 Å². The number of benzene rings is 2. The SMILES string of the molecule is C[C@H](C(=O)Nc1ccccc1C#N)[NH+](C)CC(=O)Nc1ccc(N2CCOCC2)cc1. The number of hydrogen-bond donors (Lipinski definition) is 3. The second-order valence-corrected chi connectivity index (χ2v) is 7.59. The lowest BCUT2D eigenvalue weighted by Gasteiger charge is -2.28. The number of likely N-dealkylation sites (N-methyl/N-ethyl adjacent to an activating group) is 1. The number of hydrogen-bond acceptors (Lipinski definition) is 5. The topological polar surface area (TPSA) is 98.9 Å². The van der Waals surface area contributed by atoms with E-state index in [1.807, 2.05) is 24.3 Å². The summed E-state index contributed by atoms with van der Waals surface area (Å²) in [5.41, 5.74) is 2.69. The van der Waals surface area contributed by atoms with Crippen molar-refractivity contribution in [2.75, 3.05) is 55.4 Å². The van der Waals surface area contributed by atoms with E-state index in [-0.39, 0.29) is 18.4 Å². The number of amides is 2. The van der Waals surface area contributed by atoms with Crippen LogP contribution in [0.5, 0.6) is 0 Å². The van der Waals surface area contributed by atoms with Crippen molar-refractivity contribution in [2.24, 2.45) is 0 Å². The third kappa shape index (κ3) is 6.04. The fourth-order valence-electron chi connectivity index (χ4n) is 3.34. The summed E-state index contributed by atoms with van der Waals surface area (Å²) in [6.07, 6.45) is 0. The van der Waals surface area contributed by atoms with Gasteiger partial charge in [0, 0.05) is 24.5 Å². The smallest absolute Gasteiger partial charge is 0.282 e. The molecule has 1 fully saturated rings. The zero-order valence-corrected chi connectivity index (χ0v) is 17.9. The van der Waals surface area contributed by atoms with E-state index >= 15 is 0 Å². The Morgan fingerprint density at radius 2 is 1.81 bits per heavy atom. The van der Waals surface area contributed by atoms with Crippen LogP contribution in [0.25, 0.3) is 0 Å². The van der Waals surface area contributed by atoms with Gasteiger partial charge in [-0.2, -0.15) is 5.26 Å². The van der Waals surface area contributed by atoms with Crippen molar-refractivity contribution in [3.63, 3.8) is 0 Å². The fourth-order valence-corrected chi connectivity index (χ4v) is 3.34. The third-order valence-corrected chi connectivity index (χ3v) is 5.40. The average Bonchev–Trinajstić information content (AvgIpc) is 2.79. The molecule has 2 aromatic rings. The van der Waals surface area contributed by atoms with Crippen molar-refractivity contribution in [2.45, 2.75) is 13.0 Å². The predicted octanol–water partition coefficient (Wildman–Crippen LogP) is 0.875. The van der Waals surface area contributed by atoms with Gasteiger partial charge in [0.25, 0.3) is 11.8 Å². The summed E-state index contributed by atoms with van der Waals surface area (Å²) >= 11 is 0. The van der Waals surface area contributed by atoms with Crippen LogP contribution in [0, 0.1) is 11.3 Å². The molecule has 0 radical (unpaired) electrons. The van der Waals surface area contributed by atoms with Crippen molar-refractivity contribution < 1.29 is 19.2 Å². The van der Waals surface area contributed by atoms with Crippen LogP contribution in [0.1, 0.15) is 12.5 Å². The number of quaternary nitrogens is 1. The number of nitrogens with one attached hydrogen (secondary N) is 3. The molecule has 0 aliphatic carbocycles. The summed E-state index contributed by atoms with van der Waals surface area (Å²) < 4.78 is 5.37. The molecule has 3 rings (SSSR count). The van der Waals surface area contributed by atoms with Crippen LogP contribution in [0.15, 0.2) is 48.5 Å². The lowest BCUT2D eigenvalue weighted by Crippen LogP contribution is -3.14. The minimum absolute atomic E-state index is 0.139. The highest BCUT2D eigenvalue weighted by Gasteiger charge is 2.24. The van der Waals surface area contributed by atoms with Crippen molar-refractivity contribution >= 4 is 28.9 Å². The number of ether oxygens (including phenoxy) is 1. The molecule has 162 valence electrons. The van der Waals surface area contributed by atoms with Gasteiger partial charge in [-0.05, 0) is 43.3 Å². The third-order valence-electron chi connectivity index (χ3n) is 5.40. The number of rotatable bonds is 7. The largest absolute Gasteiger partial charge is 0.378 e. The zero-order valence-electron chi connectivity index (χ0n) is 17.9. The Morgan fingerprint density at radius 1 is 1.13 bits per heavy atom. The van der Waals surface area contributed by atoms with E-state index in [0.29, 0.717) is 11.3 Å². The van der Waals surface area contributed by atoms with Crippen LogP contribution < -0.4 is 20.4 Å². The summed E-state index contributed by atoms with van der Waals surface area (Å²) in [5, 5.41) is 14.8. The van der Waals surface area contributed by atoms with Crippen LogP contribution in [0.2, 0.25) is 0 Å². The molecule has 8 nitrogen and oxygen atoms in total. The zero-order chi connectivity index (χ0) is 22.2. The van der Waals surface area contributed by atoms with Crippen molar-refractivity contribution in [3.05, 3.63) is 54.1 Å². The van der Waals surface area contributed by atoms with Gasteiger partial charge in [-0.15, -0.1) is 0 Å². The lowest BCUT2D eigenvalue weighted by atomic mass is 10.2. The van der Waals surface area contributed by atoms with Gasteiger partial charge in [0.2, 0.25) is 0 Å². The van der Waals surface area contributed by atoms with Crippen LogP contribution >= 0.6 is 0 Å². The van der Waals surface area contributed by atoms with E-state index in [1.54, 1.807) is 38.2 Å². The van der Waals surface area contributed by atoms with Crippen LogP contribution in [0.4, 0.5) is 17.1 Å². The minimum atomic E-state index is -0.471. The molecule has 0 spiro atoms. The standard InChI is InChI=1S/C23H27N5O3/c1-17(23(30)26-21-6-4-3-5-18(21)15-24)27(2)16-22(29)25-19-7-9-20(10-8-19)28-11-13-31-14-12-28/h3-10,17H,11-14,16H2,1-2H3,(H,25,29)(H,26,30)/p+1/t17-/m1/s1. The van der Waals surface area contributed by atoms with Crippen molar-refractivity contribution in [1.82, 2.24) is 0 Å². The molecule has 0 saturated carbocycles. The highest BCUT2D eigenvalue weighted by atomic mass is 16.5. The van der Waals surface area contributed by atoms with Gasteiger partial charge >= 0.3 is 0 Å². The van der Waals surface area contributed by atoms with Crippen molar-refractivity contribution in [1.29, 1.82) is 5.26 Å². The Bertz CT molecular complexity index is 948. The minimum Gasteiger partial charge on any atom is -0.378 e. The summed E-state index contributed by atoms with van der Waals surface area (Å²) in [6, 6.07) is 16.2. The molecule has 1 aliphatic heterocycles. The number of para-hydroxylation sites is 1. The highest BCUT2D eigenvalue weighted by molar-refractivity contribution is 5.95. The Balaban J connectivity index is 1.51. The van der Waals surface area contributed by atoms with Gasteiger partial charge in [-0.3, -0.25) is 9.59 Å². The summed E-state index contributed by atoms with van der Waals surface area (Å²) in [7, 11) is 1.79. The molecule has 1 saturated heterocycles. The fraction of sp³-hybridized carbons (Fsp3) is 0.348. The van der Waals surface area contributed by atoms with Crippen LogP contribution in [-0.4, -0.2) is 57.8 Å². The molecule has 31 heavy (non-hydrogen) atoms. The molecular weight excluding hydrogens is 394 g/mol. The molecule has 3 N–H and O–H groups in total. The Morgan fingerprint density at radius 3 is 2.48 bits per heavy atom. The average molecular weight is 423 g/mol. The maximum atomic E-state index is 12.6. The maximum Gasteiger partial charge on any atom is 0.282 e. The van der Waals surface area contributed by atoms with E-state index in [0.717, 1.165) is 42.6 Å². The molecule has 8 heteroatoms. The first-order chi connectivity index (χ1) is 15.0. The van der Waals surface area contributed by atoms with Gasteiger partial charge in [-0.25, -0.2) is 0 Å². The van der Waals surface area contributed by atoms with Gasteiger partial charge in [0.05, 0.1) is 31.5 Å². The normalized spacial score (nSPS) is 15.5. The highest BCUT2D eigenvalue weighted by Crippen LogP contribution is 2.19. The Labute approximate surface area is 182 Å². The van der Waals surface area contributed by atoms with Crippen molar-refractivity contribution in [3.8, 4) is 6.07 Å².